The van der Waals surface area contributed by atoms with E-state index in [1.54, 1.807) is 23.8 Å². The van der Waals surface area contributed by atoms with E-state index >= 15 is 0 Å². The zero-order chi connectivity index (χ0) is 15.4. The lowest BCUT2D eigenvalue weighted by Crippen LogP contribution is -2.20. The number of amides is 2. The molecule has 0 bridgehead atoms. The van der Waals surface area contributed by atoms with Crippen LogP contribution in [0.25, 0.3) is 10.6 Å². The van der Waals surface area contributed by atoms with Crippen LogP contribution in [0.1, 0.15) is 5.69 Å². The van der Waals surface area contributed by atoms with Crippen LogP contribution in [0.3, 0.4) is 0 Å². The first kappa shape index (κ1) is 14.2. The molecule has 3 aromatic rings. The van der Waals surface area contributed by atoms with Crippen LogP contribution in [-0.2, 0) is 0 Å². The maximum atomic E-state index is 11.9. The van der Waals surface area contributed by atoms with Gasteiger partial charge in [0, 0.05) is 29.0 Å². The number of urea groups is 1. The fraction of sp³-hybridized carbons (Fsp3) is 0.0667. The predicted octanol–water partition coefficient (Wildman–Crippen LogP) is 3.55. The maximum absolute atomic E-state index is 11.9. The van der Waals surface area contributed by atoms with E-state index in [0.29, 0.717) is 11.6 Å². The summed E-state index contributed by atoms with van der Waals surface area (Å²) in [7, 11) is 0. The van der Waals surface area contributed by atoms with Crippen LogP contribution in [0.5, 0.6) is 0 Å². The quantitative estimate of drug-likeness (QED) is 0.775. The van der Waals surface area contributed by atoms with Gasteiger partial charge in [-0.05, 0) is 31.2 Å². The molecule has 0 aliphatic heterocycles. The number of anilines is 2. The average molecular weight is 311 g/mol. The molecule has 6 nitrogen and oxygen atoms in total. The van der Waals surface area contributed by atoms with Crippen LogP contribution < -0.4 is 10.6 Å². The van der Waals surface area contributed by atoms with E-state index in [0.717, 1.165) is 16.3 Å². The minimum absolute atomic E-state index is 0.374. The monoisotopic (exact) mass is 311 g/mol. The van der Waals surface area contributed by atoms with Crippen molar-refractivity contribution in [2.24, 2.45) is 0 Å². The lowest BCUT2D eigenvalue weighted by molar-refractivity contribution is 0.262. The summed E-state index contributed by atoms with van der Waals surface area (Å²) in [6.07, 6.45) is 3.44. The number of aryl methyl sites for hydroxylation is 1. The molecule has 0 unspecified atom stereocenters. The van der Waals surface area contributed by atoms with E-state index in [-0.39, 0.29) is 6.03 Å². The number of hydrogen-bond donors (Lipinski definition) is 2. The van der Waals surface area contributed by atoms with Gasteiger partial charge in [-0.3, -0.25) is 15.6 Å². The van der Waals surface area contributed by atoms with Crippen molar-refractivity contribution in [1.82, 2.24) is 15.0 Å². The molecule has 3 heterocycles. The molecule has 0 aliphatic rings. The number of thiazole rings is 1. The molecule has 3 aromatic heterocycles. The van der Waals surface area contributed by atoms with Crippen LogP contribution >= 0.6 is 11.3 Å². The third kappa shape index (κ3) is 3.44. The van der Waals surface area contributed by atoms with Gasteiger partial charge in [-0.15, -0.1) is 11.3 Å². The highest BCUT2D eigenvalue weighted by Gasteiger charge is 2.08. The number of pyridine rings is 2. The Balaban J connectivity index is 1.66. The molecular weight excluding hydrogens is 298 g/mol. The molecule has 0 atom stereocenters. The van der Waals surface area contributed by atoms with Crippen molar-refractivity contribution in [3.05, 3.63) is 53.8 Å². The van der Waals surface area contributed by atoms with Crippen molar-refractivity contribution in [2.75, 3.05) is 10.6 Å². The number of aromatic nitrogens is 3. The van der Waals surface area contributed by atoms with Gasteiger partial charge in [0.15, 0.2) is 0 Å². The number of rotatable bonds is 3. The first-order valence-corrected chi connectivity index (χ1v) is 7.46. The highest BCUT2D eigenvalue weighted by Crippen LogP contribution is 2.24. The lowest BCUT2D eigenvalue weighted by Gasteiger charge is -2.05. The van der Waals surface area contributed by atoms with E-state index in [2.05, 4.69) is 25.6 Å². The normalized spacial score (nSPS) is 10.2. The summed E-state index contributed by atoms with van der Waals surface area (Å²) in [4.78, 5) is 24.6. The fourth-order valence-electron chi connectivity index (χ4n) is 1.83. The molecule has 0 saturated heterocycles. The van der Waals surface area contributed by atoms with Gasteiger partial charge in [0.05, 0.1) is 0 Å². The molecular formula is C15H13N5OS. The molecule has 22 heavy (non-hydrogen) atoms. The summed E-state index contributed by atoms with van der Waals surface area (Å²) in [5, 5.41) is 7.95. The lowest BCUT2D eigenvalue weighted by atomic mass is 10.3. The van der Waals surface area contributed by atoms with Gasteiger partial charge in [-0.1, -0.05) is 6.07 Å². The van der Waals surface area contributed by atoms with Crippen LogP contribution in [0, 0.1) is 6.92 Å². The van der Waals surface area contributed by atoms with E-state index in [4.69, 9.17) is 0 Å². The molecule has 2 amide bonds. The molecule has 0 radical (unpaired) electrons. The smallest absolute Gasteiger partial charge is 0.292 e. The summed E-state index contributed by atoms with van der Waals surface area (Å²) in [6, 6.07) is 8.83. The number of carbonyl (C=O) groups excluding carboxylic acids is 1. The molecule has 0 fully saturated rings. The highest BCUT2D eigenvalue weighted by atomic mass is 32.1. The van der Waals surface area contributed by atoms with Gasteiger partial charge in [0.1, 0.15) is 16.6 Å². The molecule has 0 aromatic carbocycles. The Morgan fingerprint density at radius 3 is 2.73 bits per heavy atom. The molecule has 0 spiro atoms. The van der Waals surface area contributed by atoms with Crippen molar-refractivity contribution in [1.29, 1.82) is 0 Å². The Hall–Kier alpha value is -2.80. The third-order valence-electron chi connectivity index (χ3n) is 2.78. The van der Waals surface area contributed by atoms with Gasteiger partial charge in [0.25, 0.3) is 0 Å². The Bertz CT molecular complexity index is 787. The molecule has 0 saturated carbocycles. The van der Waals surface area contributed by atoms with Gasteiger partial charge in [-0.25, -0.2) is 14.8 Å². The highest BCUT2D eigenvalue weighted by molar-refractivity contribution is 7.13. The van der Waals surface area contributed by atoms with Gasteiger partial charge in [0.2, 0.25) is 0 Å². The molecule has 7 heteroatoms. The largest absolute Gasteiger partial charge is 0.326 e. The third-order valence-corrected chi connectivity index (χ3v) is 3.68. The second-order valence-electron chi connectivity index (χ2n) is 4.52. The SMILES string of the molecule is Cc1cccc(NC(=O)Nc2csc(-c3cccnc3)n2)n1. The fourth-order valence-corrected chi connectivity index (χ4v) is 2.57. The van der Waals surface area contributed by atoms with Crippen molar-refractivity contribution in [3.63, 3.8) is 0 Å². The Kier molecular flexibility index (Phi) is 4.06. The zero-order valence-electron chi connectivity index (χ0n) is 11.8. The topological polar surface area (TPSA) is 79.8 Å². The van der Waals surface area contributed by atoms with Crippen molar-refractivity contribution in [2.45, 2.75) is 6.92 Å². The summed E-state index contributed by atoms with van der Waals surface area (Å²) in [5.41, 5.74) is 1.76. The van der Waals surface area contributed by atoms with Gasteiger partial charge >= 0.3 is 6.03 Å². The minimum Gasteiger partial charge on any atom is -0.292 e. The number of nitrogens with one attached hydrogen (secondary N) is 2. The minimum atomic E-state index is -0.374. The Morgan fingerprint density at radius 1 is 1.09 bits per heavy atom. The van der Waals surface area contributed by atoms with Crippen molar-refractivity contribution in [3.8, 4) is 10.6 Å². The van der Waals surface area contributed by atoms with E-state index in [1.807, 2.05) is 31.2 Å². The summed E-state index contributed by atoms with van der Waals surface area (Å²) in [5.74, 6) is 0.995. The van der Waals surface area contributed by atoms with Crippen LogP contribution in [0.4, 0.5) is 16.4 Å². The molecule has 2 N–H and O–H groups in total. The van der Waals surface area contributed by atoms with E-state index < -0.39 is 0 Å². The van der Waals surface area contributed by atoms with Crippen molar-refractivity contribution >= 4 is 29.0 Å². The van der Waals surface area contributed by atoms with Crippen molar-refractivity contribution < 1.29 is 4.79 Å². The summed E-state index contributed by atoms with van der Waals surface area (Å²) in [6.45, 7) is 1.86. The second kappa shape index (κ2) is 6.31. The molecule has 3 rings (SSSR count). The van der Waals surface area contributed by atoms with Crippen LogP contribution in [0.2, 0.25) is 0 Å². The molecule has 110 valence electrons. The molecule has 0 aliphatic carbocycles. The number of nitrogens with zero attached hydrogens (tertiary/aromatic N) is 3. The number of hydrogen-bond acceptors (Lipinski definition) is 5. The Labute approximate surface area is 131 Å². The maximum Gasteiger partial charge on any atom is 0.326 e. The van der Waals surface area contributed by atoms with Gasteiger partial charge < -0.3 is 0 Å². The van der Waals surface area contributed by atoms with E-state index in [9.17, 15) is 4.79 Å². The standard InChI is InChI=1S/C15H13N5OS/c1-10-4-2-6-12(17-10)19-15(21)20-13-9-22-14(18-13)11-5-3-7-16-8-11/h2-9H,1H3,(H2,17,19,20,21). The predicted molar refractivity (Wildman–Crippen MR) is 87.0 cm³/mol. The van der Waals surface area contributed by atoms with Crippen LogP contribution in [-0.4, -0.2) is 21.0 Å². The number of carbonyl (C=O) groups is 1. The van der Waals surface area contributed by atoms with E-state index in [1.165, 1.54) is 11.3 Å². The summed E-state index contributed by atoms with van der Waals surface area (Å²) >= 11 is 1.44. The first-order valence-electron chi connectivity index (χ1n) is 6.58. The average Bonchev–Trinajstić information content (AvgIpc) is 2.96. The van der Waals surface area contributed by atoms with Gasteiger partial charge in [-0.2, -0.15) is 0 Å². The first-order chi connectivity index (χ1) is 10.7. The Morgan fingerprint density at radius 2 is 1.95 bits per heavy atom. The zero-order valence-corrected chi connectivity index (χ0v) is 12.6. The second-order valence-corrected chi connectivity index (χ2v) is 5.38. The summed E-state index contributed by atoms with van der Waals surface area (Å²) < 4.78 is 0. The van der Waals surface area contributed by atoms with Crippen LogP contribution in [0.15, 0.2) is 48.1 Å².